The molecule has 15 heavy (non-hydrogen) atoms. The number of nitrogens with zero attached hydrogens (tertiary/aromatic N) is 2. The lowest BCUT2D eigenvalue weighted by molar-refractivity contribution is 0.278. The third kappa shape index (κ3) is 2.08. The summed E-state index contributed by atoms with van der Waals surface area (Å²) in [7, 11) is 0. The van der Waals surface area contributed by atoms with Gasteiger partial charge >= 0.3 is 5.95 Å². The molecule has 5 heteroatoms. The average molecular weight is 205 g/mol. The molecule has 0 saturated heterocycles. The van der Waals surface area contributed by atoms with Crippen molar-refractivity contribution in [2.24, 2.45) is 5.84 Å². The summed E-state index contributed by atoms with van der Waals surface area (Å²) < 4.78 is 4.51. The van der Waals surface area contributed by atoms with Crippen LogP contribution in [-0.2, 0) is 6.54 Å². The molecule has 0 radical (unpaired) electrons. The lowest BCUT2D eigenvalue weighted by Gasteiger charge is -2.15. The predicted octanol–water partition coefficient (Wildman–Crippen LogP) is 1.26. The molecule has 0 bridgehead atoms. The maximum atomic E-state index is 9.25. The fraction of sp³-hybridized carbons (Fsp3) is 0.100. The Morgan fingerprint density at radius 3 is 2.67 bits per heavy atom. The van der Waals surface area contributed by atoms with Crippen LogP contribution in [0.4, 0.5) is 5.69 Å². The van der Waals surface area contributed by atoms with Crippen molar-refractivity contribution in [2.75, 3.05) is 5.01 Å². The Hall–Kier alpha value is -2.01. The molecule has 1 aromatic heterocycles. The second-order valence-electron chi connectivity index (χ2n) is 3.13. The molecule has 0 unspecified atom stereocenters. The smallest absolute Gasteiger partial charge is 0.333 e. The molecule has 1 aromatic carbocycles. The quantitative estimate of drug-likeness (QED) is 0.582. The van der Waals surface area contributed by atoms with Crippen LogP contribution in [0, 0.1) is 0 Å². The number of aromatic hydroxyl groups is 1. The highest BCUT2D eigenvalue weighted by molar-refractivity contribution is 5.49. The van der Waals surface area contributed by atoms with Gasteiger partial charge in [0.2, 0.25) is 0 Å². The number of hydrazine groups is 1. The van der Waals surface area contributed by atoms with Crippen molar-refractivity contribution in [3.63, 3.8) is 0 Å². The molecule has 2 aromatic rings. The van der Waals surface area contributed by atoms with Crippen LogP contribution in [0.25, 0.3) is 0 Å². The minimum Gasteiger partial charge on any atom is -0.478 e. The van der Waals surface area contributed by atoms with E-state index in [-0.39, 0.29) is 5.95 Å². The van der Waals surface area contributed by atoms with E-state index in [4.69, 9.17) is 5.84 Å². The van der Waals surface area contributed by atoms with Crippen molar-refractivity contribution < 1.29 is 9.63 Å². The summed E-state index contributed by atoms with van der Waals surface area (Å²) in [6.45, 7) is 0.482. The van der Waals surface area contributed by atoms with Gasteiger partial charge in [0.05, 0.1) is 12.7 Å². The zero-order chi connectivity index (χ0) is 10.7. The highest BCUT2D eigenvalue weighted by atomic mass is 16.5. The first-order valence-electron chi connectivity index (χ1n) is 4.47. The summed E-state index contributed by atoms with van der Waals surface area (Å²) in [5.74, 6) is 5.48. The first-order valence-corrected chi connectivity index (χ1v) is 4.47. The van der Waals surface area contributed by atoms with Crippen molar-refractivity contribution in [3.05, 3.63) is 42.1 Å². The highest BCUT2D eigenvalue weighted by Crippen LogP contribution is 2.24. The standard InChI is InChI=1S/C10H11N3O2/c11-13(9-6-12-15-10(9)14)7-8-4-2-1-3-5-8/h1-6,14H,7,11H2. The molecule has 5 nitrogen and oxygen atoms in total. The van der Waals surface area contributed by atoms with Crippen LogP contribution in [-0.4, -0.2) is 10.3 Å². The Bertz CT molecular complexity index is 427. The lowest BCUT2D eigenvalue weighted by Crippen LogP contribution is -2.29. The monoisotopic (exact) mass is 205 g/mol. The molecule has 0 aliphatic rings. The topological polar surface area (TPSA) is 75.5 Å². The summed E-state index contributed by atoms with van der Waals surface area (Å²) in [5.41, 5.74) is 1.42. The van der Waals surface area contributed by atoms with E-state index < -0.39 is 0 Å². The van der Waals surface area contributed by atoms with E-state index in [1.165, 1.54) is 11.2 Å². The molecule has 0 spiro atoms. The molecule has 78 valence electrons. The van der Waals surface area contributed by atoms with E-state index in [0.717, 1.165) is 5.56 Å². The molecule has 1 heterocycles. The number of rotatable bonds is 3. The summed E-state index contributed by atoms with van der Waals surface area (Å²) in [6, 6.07) is 9.68. The van der Waals surface area contributed by atoms with Crippen LogP contribution in [0.15, 0.2) is 41.1 Å². The third-order valence-corrected chi connectivity index (χ3v) is 2.04. The highest BCUT2D eigenvalue weighted by Gasteiger charge is 2.11. The SMILES string of the molecule is NN(Cc1ccccc1)c1cnoc1O. The Balaban J connectivity index is 2.11. The maximum absolute atomic E-state index is 9.25. The number of anilines is 1. The van der Waals surface area contributed by atoms with Gasteiger partial charge in [-0.15, -0.1) is 0 Å². The van der Waals surface area contributed by atoms with Gasteiger partial charge in [0.15, 0.2) is 5.69 Å². The van der Waals surface area contributed by atoms with Crippen LogP contribution < -0.4 is 10.9 Å². The summed E-state index contributed by atoms with van der Waals surface area (Å²) in [6.07, 6.45) is 1.37. The Morgan fingerprint density at radius 2 is 2.07 bits per heavy atom. The zero-order valence-electron chi connectivity index (χ0n) is 8.00. The molecule has 2 rings (SSSR count). The fourth-order valence-corrected chi connectivity index (χ4v) is 1.29. The number of aromatic nitrogens is 1. The first-order chi connectivity index (χ1) is 7.27. The van der Waals surface area contributed by atoms with Gasteiger partial charge in [-0.05, 0) is 5.56 Å². The van der Waals surface area contributed by atoms with Crippen molar-refractivity contribution in [3.8, 4) is 5.95 Å². The van der Waals surface area contributed by atoms with E-state index in [9.17, 15) is 5.11 Å². The van der Waals surface area contributed by atoms with Crippen LogP contribution in [0.3, 0.4) is 0 Å². The van der Waals surface area contributed by atoms with Gasteiger partial charge in [-0.25, -0.2) is 5.84 Å². The van der Waals surface area contributed by atoms with Gasteiger partial charge < -0.3 is 9.63 Å². The average Bonchev–Trinajstić information content (AvgIpc) is 2.66. The second kappa shape index (κ2) is 4.02. The van der Waals surface area contributed by atoms with Gasteiger partial charge in [-0.3, -0.25) is 5.01 Å². The summed E-state index contributed by atoms with van der Waals surface area (Å²) >= 11 is 0. The Kier molecular flexibility index (Phi) is 2.55. The molecule has 0 aliphatic carbocycles. The van der Waals surface area contributed by atoms with Crippen molar-refractivity contribution >= 4 is 5.69 Å². The zero-order valence-corrected chi connectivity index (χ0v) is 8.00. The van der Waals surface area contributed by atoms with E-state index in [1.54, 1.807) is 0 Å². The molecule has 3 N–H and O–H groups in total. The molecule has 0 atom stereocenters. The van der Waals surface area contributed by atoms with Crippen LogP contribution in [0.1, 0.15) is 5.56 Å². The molecular weight excluding hydrogens is 194 g/mol. The van der Waals surface area contributed by atoms with E-state index in [1.807, 2.05) is 30.3 Å². The van der Waals surface area contributed by atoms with E-state index >= 15 is 0 Å². The molecule has 0 amide bonds. The van der Waals surface area contributed by atoms with Crippen LogP contribution in [0.5, 0.6) is 5.95 Å². The van der Waals surface area contributed by atoms with Crippen LogP contribution in [0.2, 0.25) is 0 Å². The van der Waals surface area contributed by atoms with E-state index in [0.29, 0.717) is 12.2 Å². The number of hydrogen-bond acceptors (Lipinski definition) is 5. The largest absolute Gasteiger partial charge is 0.478 e. The third-order valence-electron chi connectivity index (χ3n) is 2.04. The summed E-state index contributed by atoms with van der Waals surface area (Å²) in [5, 5.41) is 14.1. The normalized spacial score (nSPS) is 10.2. The van der Waals surface area contributed by atoms with E-state index in [2.05, 4.69) is 9.68 Å². The number of hydrogen-bond donors (Lipinski definition) is 2. The van der Waals surface area contributed by atoms with Crippen molar-refractivity contribution in [2.45, 2.75) is 6.54 Å². The van der Waals surface area contributed by atoms with Crippen molar-refractivity contribution in [1.29, 1.82) is 0 Å². The van der Waals surface area contributed by atoms with Gasteiger partial charge in [-0.2, -0.15) is 0 Å². The van der Waals surface area contributed by atoms with Gasteiger partial charge in [-0.1, -0.05) is 35.5 Å². The Morgan fingerprint density at radius 1 is 1.33 bits per heavy atom. The second-order valence-corrected chi connectivity index (χ2v) is 3.13. The van der Waals surface area contributed by atoms with Crippen LogP contribution >= 0.6 is 0 Å². The molecule has 0 saturated carbocycles. The number of nitrogens with two attached hydrogens (primary N) is 1. The first kappa shape index (κ1) is 9.54. The molecule has 0 fully saturated rings. The van der Waals surface area contributed by atoms with Gasteiger partial charge in [0.25, 0.3) is 0 Å². The summed E-state index contributed by atoms with van der Waals surface area (Å²) in [4.78, 5) is 0. The van der Waals surface area contributed by atoms with Gasteiger partial charge in [0.1, 0.15) is 0 Å². The minimum absolute atomic E-state index is 0.270. The minimum atomic E-state index is -0.270. The van der Waals surface area contributed by atoms with Crippen molar-refractivity contribution in [1.82, 2.24) is 5.16 Å². The maximum Gasteiger partial charge on any atom is 0.333 e. The molecule has 0 aliphatic heterocycles. The lowest BCUT2D eigenvalue weighted by atomic mass is 10.2. The fourth-order valence-electron chi connectivity index (χ4n) is 1.29. The molecular formula is C10H11N3O2. The van der Waals surface area contributed by atoms with Gasteiger partial charge in [0, 0.05) is 0 Å². The predicted molar refractivity (Wildman–Crippen MR) is 55.0 cm³/mol. The Labute approximate surface area is 86.7 Å². The number of benzene rings is 1.